The Morgan fingerprint density at radius 2 is 1.46 bits per heavy atom. The van der Waals surface area contributed by atoms with Gasteiger partial charge in [0, 0.05) is 17.7 Å². The highest BCUT2D eigenvalue weighted by molar-refractivity contribution is 6.01. The van der Waals surface area contributed by atoms with Gasteiger partial charge in [-0.3, -0.25) is 4.79 Å². The standard InChI is InChI=1S/C27H23F3N2O3/c1-34-19-10-6-16(7-11-19)18-14-23-25(24(33)15-18)26(32-22-5-3-2-4-21(22)31-23)17-8-12-20(13-9-17)35-27(28,29)30/h2-13,18,26,31-32H,14-15H2,1H3/t18-,26-/m1/s1. The molecule has 3 aromatic rings. The van der Waals surface area contributed by atoms with Crippen molar-refractivity contribution in [1.82, 2.24) is 0 Å². The Morgan fingerprint density at radius 3 is 2.11 bits per heavy atom. The van der Waals surface area contributed by atoms with Gasteiger partial charge in [-0.2, -0.15) is 0 Å². The van der Waals surface area contributed by atoms with E-state index in [1.165, 1.54) is 12.1 Å². The van der Waals surface area contributed by atoms with E-state index < -0.39 is 12.4 Å². The van der Waals surface area contributed by atoms with Crippen molar-refractivity contribution in [2.24, 2.45) is 0 Å². The van der Waals surface area contributed by atoms with Crippen molar-refractivity contribution in [3.8, 4) is 11.5 Å². The van der Waals surface area contributed by atoms with Crippen LogP contribution in [0.4, 0.5) is 24.5 Å². The fourth-order valence-corrected chi connectivity index (χ4v) is 4.72. The molecule has 35 heavy (non-hydrogen) atoms. The summed E-state index contributed by atoms with van der Waals surface area (Å²) in [6.07, 6.45) is -3.82. The number of alkyl halides is 3. The lowest BCUT2D eigenvalue weighted by atomic mass is 9.78. The third-order valence-corrected chi connectivity index (χ3v) is 6.34. The van der Waals surface area contributed by atoms with Gasteiger partial charge >= 0.3 is 6.36 Å². The molecule has 0 amide bonds. The highest BCUT2D eigenvalue weighted by Crippen LogP contribution is 2.44. The molecule has 1 aliphatic heterocycles. The lowest BCUT2D eigenvalue weighted by molar-refractivity contribution is -0.274. The number of ether oxygens (including phenoxy) is 2. The Balaban J connectivity index is 1.52. The fourth-order valence-electron chi connectivity index (χ4n) is 4.72. The second-order valence-electron chi connectivity index (χ2n) is 8.56. The molecule has 2 N–H and O–H groups in total. The van der Waals surface area contributed by atoms with Gasteiger partial charge in [-0.25, -0.2) is 0 Å². The van der Waals surface area contributed by atoms with Gasteiger partial charge in [0.2, 0.25) is 0 Å². The van der Waals surface area contributed by atoms with Crippen molar-refractivity contribution in [3.05, 3.63) is 95.2 Å². The minimum absolute atomic E-state index is 0.00636. The van der Waals surface area contributed by atoms with Crippen LogP contribution in [0.2, 0.25) is 0 Å². The number of Topliss-reactive ketones (excluding diaryl/α,β-unsaturated/α-hetero) is 1. The highest BCUT2D eigenvalue weighted by Gasteiger charge is 2.36. The predicted molar refractivity (Wildman–Crippen MR) is 127 cm³/mol. The van der Waals surface area contributed by atoms with Gasteiger partial charge in [0.15, 0.2) is 5.78 Å². The maximum absolute atomic E-state index is 13.5. The van der Waals surface area contributed by atoms with E-state index >= 15 is 0 Å². The van der Waals surface area contributed by atoms with Crippen LogP contribution in [0.1, 0.15) is 35.9 Å². The summed E-state index contributed by atoms with van der Waals surface area (Å²) in [5, 5.41) is 6.88. The van der Waals surface area contributed by atoms with Crippen LogP contribution >= 0.6 is 0 Å². The van der Waals surface area contributed by atoms with Crippen LogP contribution in [0.15, 0.2) is 84.1 Å². The zero-order valence-corrected chi connectivity index (χ0v) is 18.9. The molecule has 0 spiro atoms. The average Bonchev–Trinajstić information content (AvgIpc) is 3.00. The summed E-state index contributed by atoms with van der Waals surface area (Å²) in [6.45, 7) is 0. The number of carbonyl (C=O) groups excluding carboxylic acids is 1. The first-order valence-corrected chi connectivity index (χ1v) is 11.2. The Bertz CT molecular complexity index is 1270. The second kappa shape index (κ2) is 9.02. The van der Waals surface area contributed by atoms with Crippen LogP contribution in [0, 0.1) is 0 Å². The molecule has 3 aromatic carbocycles. The van der Waals surface area contributed by atoms with Crippen molar-refractivity contribution in [2.75, 3.05) is 17.7 Å². The molecular weight excluding hydrogens is 457 g/mol. The summed E-state index contributed by atoms with van der Waals surface area (Å²) in [5.41, 5.74) is 4.75. The third-order valence-electron chi connectivity index (χ3n) is 6.34. The Kier molecular flexibility index (Phi) is 5.88. The minimum atomic E-state index is -4.77. The zero-order valence-electron chi connectivity index (χ0n) is 18.9. The number of halogens is 3. The quantitative estimate of drug-likeness (QED) is 0.442. The second-order valence-corrected chi connectivity index (χ2v) is 8.56. The summed E-state index contributed by atoms with van der Waals surface area (Å²) in [4.78, 5) is 13.5. The van der Waals surface area contributed by atoms with Crippen molar-refractivity contribution in [3.63, 3.8) is 0 Å². The van der Waals surface area contributed by atoms with Crippen molar-refractivity contribution in [2.45, 2.75) is 31.2 Å². The molecule has 0 radical (unpaired) electrons. The number of hydrogen-bond donors (Lipinski definition) is 2. The maximum atomic E-state index is 13.5. The molecule has 5 nitrogen and oxygen atoms in total. The summed E-state index contributed by atoms with van der Waals surface area (Å²) < 4.78 is 47.1. The topological polar surface area (TPSA) is 59.6 Å². The molecule has 0 saturated heterocycles. The molecular formula is C27H23F3N2O3. The number of para-hydroxylation sites is 2. The first-order valence-electron chi connectivity index (χ1n) is 11.2. The summed E-state index contributed by atoms with van der Waals surface area (Å²) in [5.74, 6) is 0.422. The number of carbonyl (C=O) groups is 1. The Hall–Kier alpha value is -3.94. The van der Waals surface area contributed by atoms with Crippen LogP contribution in [-0.4, -0.2) is 19.3 Å². The van der Waals surface area contributed by atoms with E-state index in [4.69, 9.17) is 4.74 Å². The monoisotopic (exact) mass is 480 g/mol. The molecule has 1 heterocycles. The summed E-state index contributed by atoms with van der Waals surface area (Å²) in [6, 6.07) is 20.5. The van der Waals surface area contributed by atoms with E-state index in [0.717, 1.165) is 28.4 Å². The van der Waals surface area contributed by atoms with E-state index in [1.54, 1.807) is 19.2 Å². The largest absolute Gasteiger partial charge is 0.573 e. The van der Waals surface area contributed by atoms with Crippen LogP contribution in [0.25, 0.3) is 0 Å². The maximum Gasteiger partial charge on any atom is 0.573 e. The molecule has 2 aliphatic rings. The van der Waals surface area contributed by atoms with E-state index in [2.05, 4.69) is 15.4 Å². The minimum Gasteiger partial charge on any atom is -0.497 e. The van der Waals surface area contributed by atoms with Gasteiger partial charge in [-0.15, -0.1) is 13.2 Å². The number of ketones is 1. The first-order chi connectivity index (χ1) is 16.8. The van der Waals surface area contributed by atoms with Crippen molar-refractivity contribution < 1.29 is 27.4 Å². The molecule has 1 aliphatic carbocycles. The fraction of sp³-hybridized carbons (Fsp3) is 0.222. The summed E-state index contributed by atoms with van der Waals surface area (Å²) >= 11 is 0. The Morgan fingerprint density at radius 1 is 0.829 bits per heavy atom. The van der Waals surface area contributed by atoms with Gasteiger partial charge in [-0.1, -0.05) is 36.4 Å². The lowest BCUT2D eigenvalue weighted by Gasteiger charge is -2.30. The molecule has 2 atom stereocenters. The van der Waals surface area contributed by atoms with Crippen LogP contribution < -0.4 is 20.1 Å². The molecule has 0 unspecified atom stereocenters. The normalized spacial score (nSPS) is 19.6. The van der Waals surface area contributed by atoms with Crippen LogP contribution in [0.5, 0.6) is 11.5 Å². The van der Waals surface area contributed by atoms with Crippen LogP contribution in [-0.2, 0) is 4.79 Å². The molecule has 0 aromatic heterocycles. The Labute approximate surface area is 200 Å². The van der Waals surface area contributed by atoms with E-state index in [9.17, 15) is 18.0 Å². The smallest absolute Gasteiger partial charge is 0.497 e. The number of methoxy groups -OCH3 is 1. The average molecular weight is 480 g/mol. The van der Waals surface area contributed by atoms with Crippen molar-refractivity contribution >= 4 is 17.2 Å². The molecule has 0 fully saturated rings. The van der Waals surface area contributed by atoms with Crippen molar-refractivity contribution in [1.29, 1.82) is 0 Å². The number of benzene rings is 3. The number of nitrogens with one attached hydrogen (secondary N) is 2. The van der Waals surface area contributed by atoms with Gasteiger partial charge in [0.05, 0.1) is 24.5 Å². The van der Waals surface area contributed by atoms with E-state index in [0.29, 0.717) is 24.0 Å². The lowest BCUT2D eigenvalue weighted by Crippen LogP contribution is -2.26. The summed E-state index contributed by atoms with van der Waals surface area (Å²) in [7, 11) is 1.61. The van der Waals surface area contributed by atoms with Gasteiger partial charge in [-0.05, 0) is 59.9 Å². The number of hydrogen-bond acceptors (Lipinski definition) is 5. The molecule has 0 bridgehead atoms. The van der Waals surface area contributed by atoms with Gasteiger partial charge in [0.25, 0.3) is 0 Å². The predicted octanol–water partition coefficient (Wildman–Crippen LogP) is 6.57. The highest BCUT2D eigenvalue weighted by atomic mass is 19.4. The van der Waals surface area contributed by atoms with E-state index in [1.807, 2.05) is 48.5 Å². The molecule has 8 heteroatoms. The first kappa shape index (κ1) is 22.8. The molecule has 0 saturated carbocycles. The number of fused-ring (bicyclic) bond motifs is 1. The number of rotatable bonds is 4. The molecule has 180 valence electrons. The van der Waals surface area contributed by atoms with E-state index in [-0.39, 0.29) is 17.5 Å². The number of anilines is 2. The molecule has 5 rings (SSSR count). The van der Waals surface area contributed by atoms with Gasteiger partial charge in [0.1, 0.15) is 11.5 Å². The van der Waals surface area contributed by atoms with Gasteiger partial charge < -0.3 is 20.1 Å². The SMILES string of the molecule is COc1ccc([C@H]2CC(=O)C3=C(C2)Nc2ccccc2N[C@@H]3c2ccc(OC(F)(F)F)cc2)cc1. The number of allylic oxidation sites excluding steroid dienone is 1. The third kappa shape index (κ3) is 4.82. The zero-order chi connectivity index (χ0) is 24.6. The van der Waals surface area contributed by atoms with Crippen LogP contribution in [0.3, 0.4) is 0 Å².